The number of pyridine rings is 1. The minimum Gasteiger partial charge on any atom is -0.501 e. The highest BCUT2D eigenvalue weighted by Gasteiger charge is 2.13. The molecule has 0 aliphatic carbocycles. The Kier molecular flexibility index (Phi) is 8.39. The third kappa shape index (κ3) is 5.95. The molecule has 0 bridgehead atoms. The zero-order chi connectivity index (χ0) is 22.8. The molecule has 0 aliphatic heterocycles. The van der Waals surface area contributed by atoms with Crippen molar-refractivity contribution < 1.29 is 14.2 Å². The lowest BCUT2D eigenvalue weighted by molar-refractivity contribution is 0.233. The Balaban J connectivity index is 1.83. The van der Waals surface area contributed by atoms with E-state index in [1.807, 2.05) is 48.6 Å². The van der Waals surface area contributed by atoms with Crippen LogP contribution in [0.3, 0.4) is 0 Å². The van der Waals surface area contributed by atoms with E-state index in [4.69, 9.17) is 14.2 Å². The van der Waals surface area contributed by atoms with Gasteiger partial charge < -0.3 is 19.5 Å². The van der Waals surface area contributed by atoms with Gasteiger partial charge in [0.15, 0.2) is 11.6 Å². The third-order valence-electron chi connectivity index (χ3n) is 4.81. The molecule has 0 spiro atoms. The molecule has 0 atom stereocenters. The van der Waals surface area contributed by atoms with Gasteiger partial charge in [0, 0.05) is 31.8 Å². The zero-order valence-corrected chi connectivity index (χ0v) is 18.9. The fourth-order valence-electron chi connectivity index (χ4n) is 3.08. The van der Waals surface area contributed by atoms with Gasteiger partial charge in [0.2, 0.25) is 0 Å². The van der Waals surface area contributed by atoms with Gasteiger partial charge in [-0.25, -0.2) is 9.97 Å². The first kappa shape index (κ1) is 23.0. The topological polar surface area (TPSA) is 94.2 Å². The van der Waals surface area contributed by atoms with Gasteiger partial charge in [0.05, 0.1) is 32.1 Å². The molecule has 0 saturated heterocycles. The maximum Gasteiger partial charge on any atom is 0.181 e. The minimum atomic E-state index is 0.509. The Morgan fingerprint density at radius 1 is 1.16 bits per heavy atom. The maximum atomic E-state index is 5.42. The van der Waals surface area contributed by atoms with E-state index in [1.165, 1.54) is 0 Å². The van der Waals surface area contributed by atoms with Crippen molar-refractivity contribution in [3.05, 3.63) is 66.1 Å². The van der Waals surface area contributed by atoms with Gasteiger partial charge in [0.25, 0.3) is 0 Å². The van der Waals surface area contributed by atoms with Crippen molar-refractivity contribution in [3.8, 4) is 28.5 Å². The van der Waals surface area contributed by atoms with Gasteiger partial charge in [-0.1, -0.05) is 25.1 Å². The van der Waals surface area contributed by atoms with E-state index in [9.17, 15) is 0 Å². The van der Waals surface area contributed by atoms with Crippen LogP contribution < -0.4 is 10.1 Å². The number of H-pyrrole nitrogens is 1. The lowest BCUT2D eigenvalue weighted by Crippen LogP contribution is -2.08. The van der Waals surface area contributed by atoms with Gasteiger partial charge in [-0.05, 0) is 35.9 Å². The molecule has 2 heterocycles. The Bertz CT molecular complexity index is 1070. The number of rotatable bonds is 11. The van der Waals surface area contributed by atoms with Crippen LogP contribution in [0.5, 0.6) is 5.75 Å². The van der Waals surface area contributed by atoms with Crippen molar-refractivity contribution in [2.75, 3.05) is 39.8 Å². The Labute approximate surface area is 188 Å². The van der Waals surface area contributed by atoms with Crippen LogP contribution in [0.1, 0.15) is 13.3 Å². The second kappa shape index (κ2) is 11.7. The number of allylic oxidation sites excluding steroid dienone is 1. The van der Waals surface area contributed by atoms with Crippen LogP contribution in [0.2, 0.25) is 0 Å². The van der Waals surface area contributed by atoms with Gasteiger partial charge in [-0.3, -0.25) is 5.10 Å². The van der Waals surface area contributed by atoms with E-state index in [1.54, 1.807) is 27.5 Å². The number of aromatic amines is 1. The van der Waals surface area contributed by atoms with Crippen LogP contribution in [0.4, 0.5) is 5.82 Å². The molecule has 8 heteroatoms. The monoisotopic (exact) mass is 435 g/mol. The van der Waals surface area contributed by atoms with E-state index >= 15 is 0 Å². The SMILES string of the molecule is CC/C(=C\C(=C/COC)CNc1ncccc1-c1nc(-c2cccc(OC)c2)n[nH]1)OC. The van der Waals surface area contributed by atoms with Crippen LogP contribution in [0.25, 0.3) is 22.8 Å². The summed E-state index contributed by atoms with van der Waals surface area (Å²) in [5.41, 5.74) is 2.73. The third-order valence-corrected chi connectivity index (χ3v) is 4.81. The first-order valence-corrected chi connectivity index (χ1v) is 10.4. The molecule has 2 N–H and O–H groups in total. The predicted molar refractivity (Wildman–Crippen MR) is 125 cm³/mol. The lowest BCUT2D eigenvalue weighted by Gasteiger charge is -2.11. The standard InChI is InChI=1S/C24H29N5O3/c1-5-19(31-3)14-17(11-13-30-2)16-26-23-21(10-7-12-25-23)24-27-22(28-29-24)18-8-6-9-20(15-18)32-4/h6-12,14-15H,5,13,16H2,1-4H3,(H,25,26)(H,27,28,29)/b17-11+,19-14+. The summed E-state index contributed by atoms with van der Waals surface area (Å²) in [5.74, 6) is 3.57. The number of hydrogen-bond acceptors (Lipinski definition) is 7. The molecule has 32 heavy (non-hydrogen) atoms. The minimum absolute atomic E-state index is 0.509. The van der Waals surface area contributed by atoms with Gasteiger partial charge >= 0.3 is 0 Å². The highest BCUT2D eigenvalue weighted by molar-refractivity contribution is 5.71. The smallest absolute Gasteiger partial charge is 0.181 e. The molecule has 0 aliphatic rings. The number of ether oxygens (including phenoxy) is 3. The summed E-state index contributed by atoms with van der Waals surface area (Å²) in [6.45, 7) is 3.11. The van der Waals surface area contributed by atoms with Crippen molar-refractivity contribution >= 4 is 5.82 Å². The number of nitrogens with one attached hydrogen (secondary N) is 2. The van der Waals surface area contributed by atoms with Crippen molar-refractivity contribution in [2.24, 2.45) is 0 Å². The van der Waals surface area contributed by atoms with Crippen LogP contribution in [-0.2, 0) is 9.47 Å². The molecule has 0 fully saturated rings. The van der Waals surface area contributed by atoms with E-state index < -0.39 is 0 Å². The largest absolute Gasteiger partial charge is 0.501 e. The summed E-state index contributed by atoms with van der Waals surface area (Å²) < 4.78 is 15.9. The zero-order valence-electron chi connectivity index (χ0n) is 18.9. The van der Waals surface area contributed by atoms with Gasteiger partial charge in [-0.2, -0.15) is 5.10 Å². The summed E-state index contributed by atoms with van der Waals surface area (Å²) in [7, 11) is 4.98. The Hall–Kier alpha value is -3.65. The lowest BCUT2D eigenvalue weighted by atomic mass is 10.2. The number of anilines is 1. The maximum absolute atomic E-state index is 5.42. The molecule has 3 rings (SSSR count). The van der Waals surface area contributed by atoms with Gasteiger partial charge in [0.1, 0.15) is 11.6 Å². The highest BCUT2D eigenvalue weighted by Crippen LogP contribution is 2.26. The number of nitrogens with zero attached hydrogens (tertiary/aromatic N) is 3. The van der Waals surface area contributed by atoms with Crippen LogP contribution >= 0.6 is 0 Å². The van der Waals surface area contributed by atoms with Gasteiger partial charge in [-0.15, -0.1) is 0 Å². The molecule has 0 unspecified atom stereocenters. The molecule has 2 aromatic heterocycles. The van der Waals surface area contributed by atoms with E-state index in [2.05, 4.69) is 32.4 Å². The molecule has 0 amide bonds. The summed E-state index contributed by atoms with van der Waals surface area (Å²) in [4.78, 5) is 9.18. The van der Waals surface area contributed by atoms with Crippen molar-refractivity contribution in [1.29, 1.82) is 0 Å². The van der Waals surface area contributed by atoms with E-state index in [0.717, 1.165) is 34.6 Å². The average molecular weight is 436 g/mol. The average Bonchev–Trinajstić information content (AvgIpc) is 3.34. The highest BCUT2D eigenvalue weighted by atomic mass is 16.5. The van der Waals surface area contributed by atoms with Crippen LogP contribution in [-0.4, -0.2) is 54.6 Å². The molecule has 0 saturated carbocycles. The molecule has 3 aromatic rings. The molecule has 1 aromatic carbocycles. The van der Waals surface area contributed by atoms with E-state index in [-0.39, 0.29) is 0 Å². The number of hydrogen-bond donors (Lipinski definition) is 2. The van der Waals surface area contributed by atoms with Crippen molar-refractivity contribution in [2.45, 2.75) is 13.3 Å². The van der Waals surface area contributed by atoms with E-state index in [0.29, 0.717) is 30.6 Å². The van der Waals surface area contributed by atoms with Crippen molar-refractivity contribution in [1.82, 2.24) is 20.2 Å². The second-order valence-electron chi connectivity index (χ2n) is 6.90. The Morgan fingerprint density at radius 2 is 2.03 bits per heavy atom. The molecule has 8 nitrogen and oxygen atoms in total. The number of methoxy groups -OCH3 is 3. The summed E-state index contributed by atoms with van der Waals surface area (Å²) in [6.07, 6.45) is 6.58. The quantitative estimate of drug-likeness (QED) is 0.339. The normalized spacial score (nSPS) is 12.0. The summed E-state index contributed by atoms with van der Waals surface area (Å²) in [6, 6.07) is 11.5. The van der Waals surface area contributed by atoms with Crippen molar-refractivity contribution in [3.63, 3.8) is 0 Å². The second-order valence-corrected chi connectivity index (χ2v) is 6.90. The molecular formula is C24H29N5O3. The van der Waals surface area contributed by atoms with Crippen LogP contribution in [0, 0.1) is 0 Å². The first-order valence-electron chi connectivity index (χ1n) is 10.4. The fraction of sp³-hybridized carbons (Fsp3) is 0.292. The fourth-order valence-corrected chi connectivity index (χ4v) is 3.08. The first-order chi connectivity index (χ1) is 15.7. The molecule has 168 valence electrons. The summed E-state index contributed by atoms with van der Waals surface area (Å²) in [5, 5.41) is 10.8. The number of benzene rings is 1. The Morgan fingerprint density at radius 3 is 2.78 bits per heavy atom. The van der Waals surface area contributed by atoms with Crippen LogP contribution in [0.15, 0.2) is 66.1 Å². The molecule has 0 radical (unpaired) electrons. The summed E-state index contributed by atoms with van der Waals surface area (Å²) >= 11 is 0. The number of aromatic nitrogens is 4. The molecular weight excluding hydrogens is 406 g/mol. The predicted octanol–water partition coefficient (Wildman–Crippen LogP) is 4.47.